The maximum Gasteiger partial charge on any atom is 0.250 e. The van der Waals surface area contributed by atoms with Crippen molar-refractivity contribution in [2.75, 3.05) is 13.2 Å². The molecule has 2 aliphatic rings. The lowest BCUT2D eigenvalue weighted by atomic mass is 9.88. The minimum Gasteiger partial charge on any atom is -0.348 e. The highest BCUT2D eigenvalue weighted by Gasteiger charge is 2.39. The molecule has 0 spiro atoms. The molecule has 0 aliphatic carbocycles. The Morgan fingerprint density at radius 2 is 1.73 bits per heavy atom. The van der Waals surface area contributed by atoms with Crippen molar-refractivity contribution in [3.8, 4) is 0 Å². The summed E-state index contributed by atoms with van der Waals surface area (Å²) in [6, 6.07) is 0.263. The fourth-order valence-electron chi connectivity index (χ4n) is 3.54. The molecule has 1 saturated heterocycles. The highest BCUT2D eigenvalue weighted by atomic mass is 16.7. The molecule has 0 aromatic heterocycles. The second-order valence-electron chi connectivity index (χ2n) is 7.02. The summed E-state index contributed by atoms with van der Waals surface area (Å²) in [5.74, 6) is -0.324. The van der Waals surface area contributed by atoms with Gasteiger partial charge in [-0.25, -0.2) is 0 Å². The first-order valence-corrected chi connectivity index (χ1v) is 8.71. The summed E-state index contributed by atoms with van der Waals surface area (Å²) in [6.07, 6.45) is 5.05. The summed E-state index contributed by atoms with van der Waals surface area (Å²) in [6.45, 7) is 11.4. The second kappa shape index (κ2) is 7.14. The third kappa shape index (κ3) is 3.72. The SMILES string of the molecule is CCCC1=C(CCC)C(=O)N(C2COC(C)(C)OC2)C(C)C1. The van der Waals surface area contributed by atoms with Crippen molar-refractivity contribution < 1.29 is 14.3 Å². The van der Waals surface area contributed by atoms with Gasteiger partial charge in [0.1, 0.15) is 0 Å². The van der Waals surface area contributed by atoms with E-state index in [1.807, 2.05) is 18.7 Å². The van der Waals surface area contributed by atoms with Crippen LogP contribution in [0.4, 0.5) is 0 Å². The van der Waals surface area contributed by atoms with Crippen LogP contribution in [0.2, 0.25) is 0 Å². The predicted molar refractivity (Wildman–Crippen MR) is 87.5 cm³/mol. The normalized spacial score (nSPS) is 26.7. The van der Waals surface area contributed by atoms with E-state index in [9.17, 15) is 4.79 Å². The van der Waals surface area contributed by atoms with Crippen LogP contribution in [0, 0.1) is 0 Å². The molecule has 2 heterocycles. The van der Waals surface area contributed by atoms with E-state index in [0.717, 1.165) is 37.7 Å². The topological polar surface area (TPSA) is 38.8 Å². The van der Waals surface area contributed by atoms with E-state index < -0.39 is 5.79 Å². The van der Waals surface area contributed by atoms with Crippen LogP contribution in [0.25, 0.3) is 0 Å². The quantitative estimate of drug-likeness (QED) is 0.778. The third-order valence-corrected chi connectivity index (χ3v) is 4.63. The monoisotopic (exact) mass is 309 g/mol. The van der Waals surface area contributed by atoms with Crippen LogP contribution in [-0.2, 0) is 14.3 Å². The van der Waals surface area contributed by atoms with Gasteiger partial charge < -0.3 is 14.4 Å². The van der Waals surface area contributed by atoms with Gasteiger partial charge in [0.25, 0.3) is 0 Å². The van der Waals surface area contributed by atoms with Crippen LogP contribution in [0.5, 0.6) is 0 Å². The first kappa shape index (κ1) is 17.5. The molecule has 1 amide bonds. The minimum absolute atomic E-state index is 0.0329. The van der Waals surface area contributed by atoms with Crippen LogP contribution < -0.4 is 0 Å². The zero-order valence-electron chi connectivity index (χ0n) is 14.8. The standard InChI is InChI=1S/C18H31NO3/c1-6-8-14-10-13(3)19(17(20)16(14)9-7-2)15-11-21-18(4,5)22-12-15/h13,15H,6-12H2,1-5H3. The first-order valence-electron chi connectivity index (χ1n) is 8.71. The lowest BCUT2D eigenvalue weighted by Crippen LogP contribution is -2.57. The molecule has 126 valence electrons. The van der Waals surface area contributed by atoms with Gasteiger partial charge in [-0.05, 0) is 40.0 Å². The minimum atomic E-state index is -0.534. The van der Waals surface area contributed by atoms with Crippen molar-refractivity contribution in [1.82, 2.24) is 4.90 Å². The molecule has 0 N–H and O–H groups in total. The summed E-state index contributed by atoms with van der Waals surface area (Å²) in [5, 5.41) is 0. The van der Waals surface area contributed by atoms with E-state index in [1.165, 1.54) is 5.57 Å². The van der Waals surface area contributed by atoms with Crippen LogP contribution >= 0.6 is 0 Å². The molecule has 0 bridgehead atoms. The Kier molecular flexibility index (Phi) is 5.67. The van der Waals surface area contributed by atoms with Gasteiger partial charge >= 0.3 is 0 Å². The highest BCUT2D eigenvalue weighted by Crippen LogP contribution is 2.33. The number of carbonyl (C=O) groups is 1. The summed E-state index contributed by atoms with van der Waals surface area (Å²) in [7, 11) is 0. The van der Waals surface area contributed by atoms with Crippen LogP contribution in [0.1, 0.15) is 66.7 Å². The number of hydrogen-bond acceptors (Lipinski definition) is 3. The van der Waals surface area contributed by atoms with Gasteiger partial charge in [-0.2, -0.15) is 0 Å². The van der Waals surface area contributed by atoms with Crippen LogP contribution in [-0.4, -0.2) is 41.9 Å². The zero-order valence-corrected chi connectivity index (χ0v) is 14.8. The van der Waals surface area contributed by atoms with E-state index in [4.69, 9.17) is 9.47 Å². The maximum absolute atomic E-state index is 13.0. The Morgan fingerprint density at radius 3 is 2.27 bits per heavy atom. The predicted octanol–water partition coefficient (Wildman–Crippen LogP) is 3.66. The molecule has 2 aliphatic heterocycles. The van der Waals surface area contributed by atoms with Crippen LogP contribution in [0.15, 0.2) is 11.1 Å². The number of amides is 1. The molecule has 0 saturated carbocycles. The third-order valence-electron chi connectivity index (χ3n) is 4.63. The van der Waals surface area contributed by atoms with Crippen molar-refractivity contribution in [3.05, 3.63) is 11.1 Å². The zero-order chi connectivity index (χ0) is 16.3. The van der Waals surface area contributed by atoms with Crippen molar-refractivity contribution in [1.29, 1.82) is 0 Å². The Labute approximate surface area is 134 Å². The maximum atomic E-state index is 13.0. The molecule has 22 heavy (non-hydrogen) atoms. The summed E-state index contributed by atoms with van der Waals surface area (Å²) in [5.41, 5.74) is 2.42. The summed E-state index contributed by atoms with van der Waals surface area (Å²) in [4.78, 5) is 15.0. The highest BCUT2D eigenvalue weighted by molar-refractivity contribution is 5.95. The second-order valence-corrected chi connectivity index (χ2v) is 7.02. The van der Waals surface area contributed by atoms with Gasteiger partial charge in [0.05, 0.1) is 19.3 Å². The Bertz CT molecular complexity index is 432. The Hall–Kier alpha value is -0.870. The van der Waals surface area contributed by atoms with Gasteiger partial charge in [0.2, 0.25) is 5.91 Å². The van der Waals surface area contributed by atoms with Gasteiger partial charge in [0.15, 0.2) is 5.79 Å². The van der Waals surface area contributed by atoms with E-state index in [-0.39, 0.29) is 18.0 Å². The van der Waals surface area contributed by atoms with Gasteiger partial charge in [-0.3, -0.25) is 4.79 Å². The smallest absolute Gasteiger partial charge is 0.250 e. The van der Waals surface area contributed by atoms with Crippen molar-refractivity contribution in [2.24, 2.45) is 0 Å². The molecule has 4 heteroatoms. The fourth-order valence-corrected chi connectivity index (χ4v) is 3.54. The van der Waals surface area contributed by atoms with Gasteiger partial charge in [-0.15, -0.1) is 0 Å². The molecule has 1 atom stereocenters. The Balaban J connectivity index is 2.18. The van der Waals surface area contributed by atoms with Gasteiger partial charge in [-0.1, -0.05) is 32.3 Å². The van der Waals surface area contributed by atoms with Crippen molar-refractivity contribution in [3.63, 3.8) is 0 Å². The molecular formula is C18H31NO3. The lowest BCUT2D eigenvalue weighted by molar-refractivity contribution is -0.264. The largest absolute Gasteiger partial charge is 0.348 e. The average Bonchev–Trinajstić information content (AvgIpc) is 2.45. The molecule has 0 aromatic carbocycles. The molecule has 1 unspecified atom stereocenters. The fraction of sp³-hybridized carbons (Fsp3) is 0.833. The summed E-state index contributed by atoms with van der Waals surface area (Å²) < 4.78 is 11.5. The van der Waals surface area contributed by atoms with E-state index in [1.54, 1.807) is 0 Å². The lowest BCUT2D eigenvalue weighted by Gasteiger charge is -2.45. The van der Waals surface area contributed by atoms with E-state index >= 15 is 0 Å². The van der Waals surface area contributed by atoms with Crippen molar-refractivity contribution in [2.45, 2.75) is 84.6 Å². The molecule has 0 radical (unpaired) electrons. The number of ether oxygens (including phenoxy) is 2. The summed E-state index contributed by atoms with van der Waals surface area (Å²) >= 11 is 0. The molecule has 1 fully saturated rings. The molecular weight excluding hydrogens is 278 g/mol. The number of carbonyl (C=O) groups excluding carboxylic acids is 1. The molecule has 4 nitrogen and oxygen atoms in total. The molecule has 2 rings (SSSR count). The van der Waals surface area contributed by atoms with Crippen molar-refractivity contribution >= 4 is 5.91 Å². The number of nitrogens with zero attached hydrogens (tertiary/aromatic N) is 1. The Morgan fingerprint density at radius 1 is 1.14 bits per heavy atom. The molecule has 0 aromatic rings. The number of rotatable bonds is 5. The van der Waals surface area contributed by atoms with E-state index in [2.05, 4.69) is 20.8 Å². The first-order chi connectivity index (χ1) is 10.4. The average molecular weight is 309 g/mol. The number of hydrogen-bond donors (Lipinski definition) is 0. The van der Waals surface area contributed by atoms with E-state index in [0.29, 0.717) is 13.2 Å². The van der Waals surface area contributed by atoms with Crippen LogP contribution in [0.3, 0.4) is 0 Å². The van der Waals surface area contributed by atoms with Gasteiger partial charge in [0, 0.05) is 11.6 Å².